The lowest BCUT2D eigenvalue weighted by Gasteiger charge is -2.47. The van der Waals surface area contributed by atoms with Crippen molar-refractivity contribution in [1.82, 2.24) is 14.7 Å². The Morgan fingerprint density at radius 2 is 1.71 bits per heavy atom. The Kier molecular flexibility index (Phi) is 13.6. The first-order valence-electron chi connectivity index (χ1n) is 18.5. The molecule has 10 atom stereocenters. The van der Waals surface area contributed by atoms with Crippen LogP contribution in [0.25, 0.3) is 0 Å². The number of aliphatic hydroxyl groups excluding tert-OH is 2. The molecule has 11 heteroatoms. The molecule has 48 heavy (non-hydrogen) atoms. The molecular weight excluding hydrogens is 614 g/mol. The first kappa shape index (κ1) is 39.6. The molecule has 0 aromatic heterocycles. The maximum absolute atomic E-state index is 14.3. The van der Waals surface area contributed by atoms with Gasteiger partial charge in [-0.15, -0.1) is 0 Å². The van der Waals surface area contributed by atoms with E-state index in [1.165, 1.54) is 19.4 Å². The molecule has 3 saturated heterocycles. The lowest BCUT2D eigenvalue weighted by Crippen LogP contribution is -2.59. The summed E-state index contributed by atoms with van der Waals surface area (Å²) in [6, 6.07) is -0.393. The van der Waals surface area contributed by atoms with E-state index in [-0.39, 0.29) is 49.0 Å². The van der Waals surface area contributed by atoms with Gasteiger partial charge in [0, 0.05) is 50.7 Å². The molecule has 1 aliphatic carbocycles. The summed E-state index contributed by atoms with van der Waals surface area (Å²) in [4.78, 5) is 34.9. The second-order valence-corrected chi connectivity index (χ2v) is 16.8. The molecule has 1 saturated carbocycles. The van der Waals surface area contributed by atoms with E-state index in [4.69, 9.17) is 18.9 Å². The molecular formula is C37H67N3O8. The Labute approximate surface area is 289 Å². The number of hydrogen-bond donors (Lipinski definition) is 2. The minimum atomic E-state index is -1.47. The Morgan fingerprint density at radius 1 is 1.06 bits per heavy atom. The second-order valence-electron chi connectivity index (χ2n) is 16.8. The topological polar surface area (TPSA) is 121 Å². The summed E-state index contributed by atoms with van der Waals surface area (Å²) in [6.45, 7) is 15.1. The summed E-state index contributed by atoms with van der Waals surface area (Å²) in [5, 5.41) is 22.2. The van der Waals surface area contributed by atoms with Crippen LogP contribution < -0.4 is 0 Å². The Bertz CT molecular complexity index is 1060. The largest absolute Gasteiger partial charge is 0.463 e. The zero-order valence-electron chi connectivity index (χ0n) is 31.5. The van der Waals surface area contributed by atoms with Crippen LogP contribution >= 0.6 is 0 Å². The molecule has 3 heterocycles. The molecule has 0 aromatic carbocycles. The normalized spacial score (nSPS) is 39.4. The fourth-order valence-electron chi connectivity index (χ4n) is 8.83. The monoisotopic (exact) mass is 681 g/mol. The minimum Gasteiger partial charge on any atom is -0.463 e. The van der Waals surface area contributed by atoms with Gasteiger partial charge in [-0.2, -0.15) is 0 Å². The highest BCUT2D eigenvalue weighted by Crippen LogP contribution is 2.39. The van der Waals surface area contributed by atoms with Crippen LogP contribution in [0.4, 0.5) is 0 Å². The van der Waals surface area contributed by atoms with Gasteiger partial charge in [-0.3, -0.25) is 14.5 Å². The highest BCUT2D eigenvalue weighted by Gasteiger charge is 2.52. The third-order valence-corrected chi connectivity index (χ3v) is 12.1. The first-order valence-corrected chi connectivity index (χ1v) is 18.5. The van der Waals surface area contributed by atoms with Crippen molar-refractivity contribution >= 4 is 11.8 Å². The molecule has 4 rings (SSSR count). The number of carbonyl (C=O) groups excluding carboxylic acids is 2. The fraction of sp³-hybridized carbons (Fsp3) is 0.946. The first-order chi connectivity index (χ1) is 22.5. The van der Waals surface area contributed by atoms with E-state index in [1.54, 1.807) is 27.9 Å². The third kappa shape index (κ3) is 9.18. The predicted molar refractivity (Wildman–Crippen MR) is 184 cm³/mol. The van der Waals surface area contributed by atoms with Crippen molar-refractivity contribution in [2.45, 2.75) is 122 Å². The summed E-state index contributed by atoms with van der Waals surface area (Å²) in [7, 11) is 7.52. The Hall–Kier alpha value is -1.18. The fourth-order valence-corrected chi connectivity index (χ4v) is 8.83. The quantitative estimate of drug-likeness (QED) is 0.276. The van der Waals surface area contributed by atoms with Crippen molar-refractivity contribution in [3.63, 3.8) is 0 Å². The number of nitrogens with zero attached hydrogens (tertiary/aromatic N) is 3. The molecule has 0 bridgehead atoms. The van der Waals surface area contributed by atoms with Gasteiger partial charge in [0.2, 0.25) is 0 Å². The zero-order valence-corrected chi connectivity index (χ0v) is 31.5. The van der Waals surface area contributed by atoms with Gasteiger partial charge < -0.3 is 39.0 Å². The van der Waals surface area contributed by atoms with Gasteiger partial charge in [-0.05, 0) is 118 Å². The molecule has 4 fully saturated rings. The zero-order chi connectivity index (χ0) is 35.6. The number of ketones is 1. The number of hydrogen-bond acceptors (Lipinski definition) is 11. The summed E-state index contributed by atoms with van der Waals surface area (Å²) in [6.07, 6.45) is 2.98. The van der Waals surface area contributed by atoms with E-state index in [2.05, 4.69) is 16.7 Å². The molecule has 0 radical (unpaired) electrons. The van der Waals surface area contributed by atoms with Crippen LogP contribution in [0.1, 0.15) is 80.1 Å². The Morgan fingerprint density at radius 3 is 2.27 bits per heavy atom. The van der Waals surface area contributed by atoms with E-state index in [0.717, 1.165) is 31.8 Å². The smallest absolute Gasteiger partial charge is 0.319 e. The van der Waals surface area contributed by atoms with Gasteiger partial charge in [0.15, 0.2) is 12.1 Å². The van der Waals surface area contributed by atoms with Gasteiger partial charge in [0.25, 0.3) is 0 Å². The van der Waals surface area contributed by atoms with Crippen molar-refractivity contribution < 1.29 is 38.7 Å². The van der Waals surface area contributed by atoms with Gasteiger partial charge in [0.05, 0.1) is 17.8 Å². The van der Waals surface area contributed by atoms with Gasteiger partial charge in [-0.25, -0.2) is 0 Å². The molecule has 11 nitrogen and oxygen atoms in total. The van der Waals surface area contributed by atoms with Crippen LogP contribution in [-0.2, 0) is 28.5 Å². The highest BCUT2D eigenvalue weighted by molar-refractivity contribution is 6.04. The molecule has 3 aliphatic heterocycles. The van der Waals surface area contributed by atoms with E-state index in [1.807, 2.05) is 39.9 Å². The van der Waals surface area contributed by atoms with E-state index >= 15 is 0 Å². The second kappa shape index (κ2) is 16.4. The highest BCUT2D eigenvalue weighted by atomic mass is 16.7. The molecule has 4 aliphatic rings. The van der Waals surface area contributed by atoms with Crippen LogP contribution in [0.3, 0.4) is 0 Å². The third-order valence-electron chi connectivity index (χ3n) is 12.1. The van der Waals surface area contributed by atoms with Crippen LogP contribution in [-0.4, -0.2) is 147 Å². The van der Waals surface area contributed by atoms with Crippen molar-refractivity contribution in [3.05, 3.63) is 0 Å². The number of piperidine rings is 1. The van der Waals surface area contributed by atoms with Crippen molar-refractivity contribution in [2.24, 2.45) is 35.0 Å². The van der Waals surface area contributed by atoms with Crippen molar-refractivity contribution in [1.29, 1.82) is 0 Å². The lowest BCUT2D eigenvalue weighted by molar-refractivity contribution is -0.295. The van der Waals surface area contributed by atoms with Crippen molar-refractivity contribution in [2.75, 3.05) is 67.6 Å². The van der Waals surface area contributed by atoms with E-state index in [9.17, 15) is 19.8 Å². The van der Waals surface area contributed by atoms with E-state index < -0.39 is 41.4 Å². The lowest BCUT2D eigenvalue weighted by atomic mass is 9.74. The molecule has 0 aromatic rings. The minimum absolute atomic E-state index is 0.00929. The predicted octanol–water partition coefficient (Wildman–Crippen LogP) is 3.05. The summed E-state index contributed by atoms with van der Waals surface area (Å²) < 4.78 is 25.1. The number of methoxy groups -OCH3 is 1. The molecule has 2 N–H and O–H groups in total. The number of likely N-dealkylation sites (N-methyl/N-ethyl adjacent to an activating group) is 2. The standard InChI is InChI=1S/C37H67N3O8/c1-23-18-37(6,45-10)33(48-34-31(42)29(38(7)8)17-24(2)47-34)25(3)32(43)36(4,5)35(44)46-22-30(39(9)19-23)28(21-41)27-13-15-40(16-14-27)20-26-11-12-26/h23-31,33-34,41-42H,11-22H2,1-10H3/t23-,24-,25+,28+,29+,30+,31-,33-,34+,37-/m1/s1. The van der Waals surface area contributed by atoms with Crippen LogP contribution in [0.15, 0.2) is 0 Å². The van der Waals surface area contributed by atoms with Crippen LogP contribution in [0.2, 0.25) is 0 Å². The average Bonchev–Trinajstić information content (AvgIpc) is 3.86. The van der Waals surface area contributed by atoms with Crippen LogP contribution in [0, 0.1) is 35.0 Å². The number of esters is 1. The van der Waals surface area contributed by atoms with Crippen LogP contribution in [0.5, 0.6) is 0 Å². The number of likely N-dealkylation sites (tertiary alicyclic amines) is 1. The van der Waals surface area contributed by atoms with Gasteiger partial charge in [-0.1, -0.05) is 13.8 Å². The average molecular weight is 682 g/mol. The Balaban J connectivity index is 1.61. The molecule has 0 unspecified atom stereocenters. The molecule has 0 spiro atoms. The number of rotatable bonds is 9. The summed E-state index contributed by atoms with van der Waals surface area (Å²) in [5.74, 6) is -0.498. The maximum atomic E-state index is 14.3. The number of carbonyl (C=O) groups is 2. The number of aliphatic hydroxyl groups is 2. The molecule has 278 valence electrons. The number of ether oxygens (including phenoxy) is 4. The maximum Gasteiger partial charge on any atom is 0.319 e. The molecule has 0 amide bonds. The van der Waals surface area contributed by atoms with Gasteiger partial charge >= 0.3 is 5.97 Å². The van der Waals surface area contributed by atoms with Gasteiger partial charge in [0.1, 0.15) is 18.1 Å². The number of cyclic esters (lactones) is 1. The number of Topliss-reactive ketones (excluding diaryl/α,β-unsaturated/α-hetero) is 1. The van der Waals surface area contributed by atoms with E-state index in [0.29, 0.717) is 25.3 Å². The summed E-state index contributed by atoms with van der Waals surface area (Å²) in [5.41, 5.74) is -2.42. The SMILES string of the molecule is CO[C@]1(C)C[C@@H](C)CN(C)[C@H]([C@@H](CO)C2CCN(CC3CC3)CC2)COC(=O)C(C)(C)C(=O)[C@H](C)[C@H]1O[C@@H]1O[C@H](C)C[C@H](N(C)C)[C@H]1O. The summed E-state index contributed by atoms with van der Waals surface area (Å²) >= 11 is 0. The van der Waals surface area contributed by atoms with Crippen molar-refractivity contribution in [3.8, 4) is 0 Å².